The Kier molecular flexibility index (Phi) is 12.2. The minimum atomic E-state index is -1.41. The Morgan fingerprint density at radius 2 is 1.52 bits per heavy atom. The number of nitrogens with one attached hydrogen (secondary N) is 2. The van der Waals surface area contributed by atoms with Gasteiger partial charge in [0.05, 0.1) is 12.0 Å². The Hall–Kier alpha value is -1.58. The van der Waals surface area contributed by atoms with Gasteiger partial charge in [0.15, 0.2) is 0 Å². The Labute approximate surface area is 201 Å². The first-order chi connectivity index (χ1) is 12.8. The number of phenols is 2. The number of aliphatic carboxylic acids is 2. The average molecular weight is 452 g/mol. The molecule has 0 aliphatic rings. The van der Waals surface area contributed by atoms with E-state index in [1.54, 1.807) is 25.1 Å². The molecule has 2 aromatic carbocycles. The van der Waals surface area contributed by atoms with Crippen LogP contribution in [-0.4, -0.2) is 40.3 Å². The van der Waals surface area contributed by atoms with E-state index in [-0.39, 0.29) is 82.3 Å². The second-order valence-electron chi connectivity index (χ2n) is 6.05. The molecular formula is C19H21FeN2NaO6. The minimum Gasteiger partial charge on any atom is -0.548 e. The van der Waals surface area contributed by atoms with Crippen molar-refractivity contribution in [2.45, 2.75) is 19.0 Å². The van der Waals surface area contributed by atoms with Crippen molar-refractivity contribution in [3.8, 4) is 11.5 Å². The first-order valence-electron chi connectivity index (χ1n) is 8.29. The molecule has 0 radical (unpaired) electrons. The first-order valence-corrected chi connectivity index (χ1v) is 8.29. The van der Waals surface area contributed by atoms with Crippen LogP contribution in [-0.2, 0) is 26.7 Å². The maximum atomic E-state index is 11.5. The van der Waals surface area contributed by atoms with Crippen molar-refractivity contribution >= 4 is 11.9 Å². The molecule has 0 fully saturated rings. The third-order valence-corrected chi connectivity index (χ3v) is 4.05. The summed E-state index contributed by atoms with van der Waals surface area (Å²) in [5.74, 6) is -2.91. The molecule has 0 aliphatic heterocycles. The summed E-state index contributed by atoms with van der Waals surface area (Å²) in [4.78, 5) is 22.9. The van der Waals surface area contributed by atoms with Gasteiger partial charge in [-0.15, -0.1) is 0 Å². The minimum absolute atomic E-state index is 0. The number of hydrogen-bond acceptors (Lipinski definition) is 7. The number of aryl methyl sites for hydroxylation is 1. The molecule has 10 heteroatoms. The van der Waals surface area contributed by atoms with Crippen LogP contribution in [0.25, 0.3) is 0 Å². The molecule has 0 amide bonds. The predicted molar refractivity (Wildman–Crippen MR) is 95.1 cm³/mol. The zero-order chi connectivity index (χ0) is 20.0. The monoisotopic (exact) mass is 452 g/mol. The van der Waals surface area contributed by atoms with Crippen LogP contribution < -0.4 is 45.3 Å². The molecule has 0 bridgehead atoms. The van der Waals surface area contributed by atoms with E-state index >= 15 is 0 Å². The fraction of sp³-hybridized carbons (Fsp3) is 0.263. The van der Waals surface area contributed by atoms with E-state index in [1.165, 1.54) is 24.3 Å². The van der Waals surface area contributed by atoms with E-state index in [4.69, 9.17) is 0 Å². The van der Waals surface area contributed by atoms with Crippen molar-refractivity contribution in [3.05, 3.63) is 59.2 Å². The largest absolute Gasteiger partial charge is 1.00 e. The van der Waals surface area contributed by atoms with Crippen LogP contribution in [0.15, 0.2) is 42.5 Å². The van der Waals surface area contributed by atoms with Gasteiger partial charge in [0.25, 0.3) is 0 Å². The third kappa shape index (κ3) is 7.64. The van der Waals surface area contributed by atoms with Crippen LogP contribution in [0, 0.1) is 6.92 Å². The fourth-order valence-electron chi connectivity index (χ4n) is 2.72. The van der Waals surface area contributed by atoms with Crippen molar-refractivity contribution in [1.29, 1.82) is 0 Å². The first kappa shape index (κ1) is 27.4. The van der Waals surface area contributed by atoms with Gasteiger partial charge in [-0.3, -0.25) is 10.1 Å². The topological polar surface area (TPSA) is 142 Å². The van der Waals surface area contributed by atoms with E-state index in [2.05, 4.69) is 10.6 Å². The summed E-state index contributed by atoms with van der Waals surface area (Å²) < 4.78 is 0. The van der Waals surface area contributed by atoms with Crippen molar-refractivity contribution in [2.24, 2.45) is 0 Å². The van der Waals surface area contributed by atoms with Crippen molar-refractivity contribution in [3.63, 3.8) is 0 Å². The zero-order valence-corrected chi connectivity index (χ0v) is 19.1. The summed E-state index contributed by atoms with van der Waals surface area (Å²) >= 11 is 0. The fourth-order valence-corrected chi connectivity index (χ4v) is 2.72. The summed E-state index contributed by atoms with van der Waals surface area (Å²) in [5.41, 5.74) is 1.16. The Bertz CT molecular complexity index is 836. The van der Waals surface area contributed by atoms with Crippen LogP contribution in [0.4, 0.5) is 0 Å². The van der Waals surface area contributed by atoms with Gasteiger partial charge in [-0.1, -0.05) is 35.9 Å². The second-order valence-corrected chi connectivity index (χ2v) is 6.05. The molecule has 0 spiro atoms. The van der Waals surface area contributed by atoms with Gasteiger partial charge in [-0.25, -0.2) is 0 Å². The van der Waals surface area contributed by atoms with Crippen LogP contribution in [0.5, 0.6) is 11.5 Å². The number of carbonyl (C=O) groups excluding carboxylic acids is 1. The number of aromatic hydroxyl groups is 2. The van der Waals surface area contributed by atoms with Crippen molar-refractivity contribution in [2.75, 3.05) is 13.1 Å². The molecular weight excluding hydrogens is 431 g/mol. The number of phenolic OH excluding ortho intramolecular Hbond substituents is 2. The van der Waals surface area contributed by atoms with E-state index < -0.39 is 24.0 Å². The molecule has 5 N–H and O–H groups in total. The maximum Gasteiger partial charge on any atom is 1.00 e. The van der Waals surface area contributed by atoms with Crippen LogP contribution in [0.2, 0.25) is 0 Å². The summed E-state index contributed by atoms with van der Waals surface area (Å²) in [6.07, 6.45) is 0. The number of para-hydroxylation sites is 1. The average Bonchev–Trinajstić information content (AvgIpc) is 2.61. The number of carbonyl (C=O) groups is 2. The predicted octanol–water partition coefficient (Wildman–Crippen LogP) is -2.80. The molecule has 2 unspecified atom stereocenters. The molecule has 8 nitrogen and oxygen atoms in total. The molecule has 2 atom stereocenters. The van der Waals surface area contributed by atoms with Gasteiger partial charge in [0.2, 0.25) is 0 Å². The number of carboxylic acids is 2. The molecule has 152 valence electrons. The van der Waals surface area contributed by atoms with Crippen LogP contribution in [0.3, 0.4) is 0 Å². The summed E-state index contributed by atoms with van der Waals surface area (Å²) in [5, 5.41) is 46.0. The molecule has 0 saturated heterocycles. The molecule has 0 aliphatic carbocycles. The number of benzene rings is 2. The van der Waals surface area contributed by atoms with Crippen LogP contribution >= 0.6 is 0 Å². The SMILES string of the molecule is Cc1ccc(O)c(C(NCCNC(C(=O)O)c2ccccc2O)C(=O)[O-])c1.[Fe].[Na+]. The van der Waals surface area contributed by atoms with E-state index in [0.29, 0.717) is 0 Å². The van der Waals surface area contributed by atoms with Crippen LogP contribution in [0.1, 0.15) is 28.8 Å². The Morgan fingerprint density at radius 3 is 2.07 bits per heavy atom. The van der Waals surface area contributed by atoms with Gasteiger partial charge in [-0.2, -0.15) is 0 Å². The van der Waals surface area contributed by atoms with Gasteiger partial charge < -0.3 is 30.5 Å². The molecule has 0 saturated carbocycles. The van der Waals surface area contributed by atoms with Gasteiger partial charge in [0, 0.05) is 41.3 Å². The van der Waals surface area contributed by atoms with Gasteiger partial charge in [0.1, 0.15) is 17.5 Å². The Balaban J connectivity index is 0.00000392. The number of hydrogen-bond donors (Lipinski definition) is 5. The summed E-state index contributed by atoms with van der Waals surface area (Å²) in [6, 6.07) is 8.26. The molecule has 0 heterocycles. The molecule has 2 aromatic rings. The third-order valence-electron chi connectivity index (χ3n) is 4.05. The van der Waals surface area contributed by atoms with Gasteiger partial charge >= 0.3 is 35.5 Å². The number of carboxylic acid groups (broad SMARTS) is 2. The Morgan fingerprint density at radius 1 is 0.966 bits per heavy atom. The molecule has 2 rings (SSSR count). The zero-order valence-electron chi connectivity index (χ0n) is 16.0. The van der Waals surface area contributed by atoms with Crippen molar-refractivity contribution in [1.82, 2.24) is 10.6 Å². The van der Waals surface area contributed by atoms with E-state index in [0.717, 1.165) is 5.56 Å². The number of rotatable bonds is 9. The molecule has 0 aromatic heterocycles. The second kappa shape index (κ2) is 12.9. The summed E-state index contributed by atoms with van der Waals surface area (Å²) in [6.45, 7) is 1.95. The smallest absolute Gasteiger partial charge is 0.548 e. The quantitative estimate of drug-likeness (QED) is 0.203. The van der Waals surface area contributed by atoms with Gasteiger partial charge in [-0.05, 0) is 19.1 Å². The summed E-state index contributed by atoms with van der Waals surface area (Å²) in [7, 11) is 0. The normalized spacial score (nSPS) is 12.2. The maximum absolute atomic E-state index is 11.5. The van der Waals surface area contributed by atoms with E-state index in [9.17, 15) is 30.0 Å². The standard InChI is InChI=1S/C19H22N2O6.Fe.Na/c1-11-6-7-15(23)13(10-11)17(19(26)27)21-9-8-20-16(18(24)25)12-4-2-3-5-14(12)22;;/h2-7,10,16-17,20-23H,8-9H2,1H3,(H,24,25)(H,26,27);;/q;;+1/p-1. The molecule has 29 heavy (non-hydrogen) atoms. The van der Waals surface area contributed by atoms with Crippen molar-refractivity contribution < 1.29 is 76.6 Å². The van der Waals surface area contributed by atoms with E-state index in [1.807, 2.05) is 0 Å².